The van der Waals surface area contributed by atoms with Crippen molar-refractivity contribution < 1.29 is 19.5 Å². The van der Waals surface area contributed by atoms with Crippen molar-refractivity contribution in [1.29, 1.82) is 5.26 Å². The van der Waals surface area contributed by atoms with E-state index in [1.807, 2.05) is 20.8 Å². The van der Waals surface area contributed by atoms with Crippen molar-refractivity contribution in [3.63, 3.8) is 0 Å². The van der Waals surface area contributed by atoms with E-state index in [-0.39, 0.29) is 23.8 Å². The maximum Gasteiger partial charge on any atom is 0.414 e. The van der Waals surface area contributed by atoms with Gasteiger partial charge in [0, 0.05) is 17.4 Å². The monoisotopic (exact) mass is 450 g/mol. The normalized spacial score (nSPS) is 18.5. The van der Waals surface area contributed by atoms with Gasteiger partial charge in [-0.3, -0.25) is 14.3 Å². The lowest BCUT2D eigenvalue weighted by molar-refractivity contribution is 0.0583. The van der Waals surface area contributed by atoms with E-state index in [4.69, 9.17) is 5.73 Å². The van der Waals surface area contributed by atoms with Gasteiger partial charge in [-0.05, 0) is 47.9 Å². The summed E-state index contributed by atoms with van der Waals surface area (Å²) in [6, 6.07) is 6.31. The molecule has 0 saturated heterocycles. The van der Waals surface area contributed by atoms with Crippen LogP contribution in [0.25, 0.3) is 0 Å². The summed E-state index contributed by atoms with van der Waals surface area (Å²) >= 11 is 0. The van der Waals surface area contributed by atoms with E-state index in [1.54, 1.807) is 29.1 Å². The van der Waals surface area contributed by atoms with Crippen LogP contribution in [0, 0.1) is 22.7 Å². The van der Waals surface area contributed by atoms with Gasteiger partial charge in [0.25, 0.3) is 11.8 Å². The number of primary amides is 1. The molecule has 1 fully saturated rings. The van der Waals surface area contributed by atoms with Crippen molar-refractivity contribution in [2.24, 2.45) is 17.1 Å². The molecule has 10 heteroatoms. The van der Waals surface area contributed by atoms with Crippen molar-refractivity contribution in [2.45, 2.75) is 52.1 Å². The molecule has 2 unspecified atom stereocenters. The van der Waals surface area contributed by atoms with Gasteiger partial charge >= 0.3 is 6.09 Å². The summed E-state index contributed by atoms with van der Waals surface area (Å²) in [5.41, 5.74) is 6.68. The number of carboxylic acid groups (broad SMARTS) is 1. The van der Waals surface area contributed by atoms with Gasteiger partial charge in [-0.15, -0.1) is 0 Å². The van der Waals surface area contributed by atoms with E-state index in [0.717, 1.165) is 17.7 Å². The van der Waals surface area contributed by atoms with Gasteiger partial charge in [0.15, 0.2) is 5.82 Å². The van der Waals surface area contributed by atoms with Crippen LogP contribution in [0.3, 0.4) is 0 Å². The van der Waals surface area contributed by atoms with Crippen LogP contribution in [0.15, 0.2) is 24.4 Å². The smallest absolute Gasteiger partial charge is 0.414 e. The molecule has 4 rings (SSSR count). The highest BCUT2D eigenvalue weighted by Gasteiger charge is 2.46. The lowest BCUT2D eigenvalue weighted by atomic mass is 9.82. The first-order valence-corrected chi connectivity index (χ1v) is 10.8. The average Bonchev–Trinajstić information content (AvgIpc) is 3.40. The fraction of sp³-hybridized carbons (Fsp3) is 0.435. The number of nitrogens with two attached hydrogens (primary N) is 1. The Morgan fingerprint density at radius 2 is 2.06 bits per heavy atom. The molecule has 10 nitrogen and oxygen atoms in total. The van der Waals surface area contributed by atoms with Crippen molar-refractivity contribution in [1.82, 2.24) is 14.7 Å². The molecule has 33 heavy (non-hydrogen) atoms. The number of amides is 3. The highest BCUT2D eigenvalue weighted by molar-refractivity contribution is 6.07. The second-order valence-corrected chi connectivity index (χ2v) is 9.66. The van der Waals surface area contributed by atoms with Gasteiger partial charge in [0.05, 0.1) is 24.6 Å². The number of anilines is 2. The zero-order valence-corrected chi connectivity index (χ0v) is 18.7. The Kier molecular flexibility index (Phi) is 5.36. The maximum absolute atomic E-state index is 12.7. The Morgan fingerprint density at radius 1 is 1.36 bits per heavy atom. The predicted molar refractivity (Wildman–Crippen MR) is 119 cm³/mol. The first-order valence-electron chi connectivity index (χ1n) is 10.8. The number of nitrogens with one attached hydrogen (secondary N) is 1. The molecule has 0 spiro atoms. The summed E-state index contributed by atoms with van der Waals surface area (Å²) in [6.07, 6.45) is 2.56. The van der Waals surface area contributed by atoms with E-state index in [2.05, 4.69) is 16.5 Å². The molecule has 172 valence electrons. The van der Waals surface area contributed by atoms with E-state index in [0.29, 0.717) is 22.7 Å². The minimum Gasteiger partial charge on any atom is -0.465 e. The zero-order valence-electron chi connectivity index (χ0n) is 18.7. The number of imide groups is 1. The Morgan fingerprint density at radius 3 is 2.61 bits per heavy atom. The molecule has 1 saturated carbocycles. The Bertz CT molecular complexity index is 1180. The van der Waals surface area contributed by atoms with Gasteiger partial charge in [0.1, 0.15) is 5.56 Å². The second kappa shape index (κ2) is 7.92. The van der Waals surface area contributed by atoms with Crippen molar-refractivity contribution in [3.8, 4) is 6.07 Å². The lowest BCUT2D eigenvalue weighted by Crippen LogP contribution is -2.38. The molecular formula is C23H26N6O4. The molecule has 2 aliphatic rings. The van der Waals surface area contributed by atoms with E-state index < -0.39 is 29.4 Å². The molecule has 1 aliphatic heterocycles. The maximum atomic E-state index is 12.7. The van der Waals surface area contributed by atoms with Crippen LogP contribution in [-0.4, -0.2) is 37.7 Å². The van der Waals surface area contributed by atoms with Crippen LogP contribution in [-0.2, 0) is 0 Å². The number of fused-ring (bicyclic) bond motifs is 1. The Hall–Kier alpha value is -3.87. The number of rotatable bonds is 6. The van der Waals surface area contributed by atoms with E-state index in [9.17, 15) is 24.8 Å². The summed E-state index contributed by atoms with van der Waals surface area (Å²) < 4.78 is 1.63. The molecule has 1 aromatic heterocycles. The Labute approximate surface area is 191 Å². The highest BCUT2D eigenvalue weighted by atomic mass is 16.4. The number of aromatic nitrogens is 2. The zero-order chi connectivity index (χ0) is 24.1. The number of hydrogen-bond donors (Lipinski definition) is 3. The lowest BCUT2D eigenvalue weighted by Gasteiger charge is -2.32. The van der Waals surface area contributed by atoms with Crippen LogP contribution in [0.2, 0.25) is 0 Å². The minimum absolute atomic E-state index is 0.129. The standard InChI is InChI=1S/C23H26N6O4/c1-23(2,3)18-15-10-13(6-7-14(15)21(31)29(18)22(32)33)26-20-16(19(25)30)11-28(27-20)17(8-9-24)12-4-5-12/h6-7,10-12,17-18H,4-5,8H2,1-3H3,(H2,25,30)(H,26,27)(H,32,33). The van der Waals surface area contributed by atoms with Gasteiger partial charge in [-0.25, -0.2) is 9.69 Å². The highest BCUT2D eigenvalue weighted by Crippen LogP contribution is 2.46. The summed E-state index contributed by atoms with van der Waals surface area (Å²) in [7, 11) is 0. The predicted octanol–water partition coefficient (Wildman–Crippen LogP) is 3.81. The molecule has 2 aromatic rings. The largest absolute Gasteiger partial charge is 0.465 e. The molecule has 1 aliphatic carbocycles. The van der Waals surface area contributed by atoms with Gasteiger partial charge in [-0.1, -0.05) is 20.8 Å². The number of benzene rings is 1. The minimum atomic E-state index is -1.30. The third kappa shape index (κ3) is 4.02. The quantitative estimate of drug-likeness (QED) is 0.604. The fourth-order valence-electron chi connectivity index (χ4n) is 4.52. The molecule has 2 atom stereocenters. The van der Waals surface area contributed by atoms with Crippen LogP contribution in [0.5, 0.6) is 0 Å². The van der Waals surface area contributed by atoms with Crippen LogP contribution in [0.4, 0.5) is 16.3 Å². The molecule has 4 N–H and O–H groups in total. The molecule has 0 bridgehead atoms. The molecule has 2 heterocycles. The number of carbonyl (C=O) groups excluding carboxylic acids is 2. The third-order valence-electron chi connectivity index (χ3n) is 6.15. The molecule has 0 radical (unpaired) electrons. The second-order valence-electron chi connectivity index (χ2n) is 9.66. The first kappa shape index (κ1) is 22.3. The summed E-state index contributed by atoms with van der Waals surface area (Å²) in [5, 5.41) is 26.4. The summed E-state index contributed by atoms with van der Waals surface area (Å²) in [5.74, 6) is -0.623. The van der Waals surface area contributed by atoms with Crippen LogP contribution < -0.4 is 11.1 Å². The SMILES string of the molecule is CC(C)(C)C1c2cc(Nc3nn(C(CC#N)C4CC4)cc3C(N)=O)ccc2C(=O)N1C(=O)O. The summed E-state index contributed by atoms with van der Waals surface area (Å²) in [6.45, 7) is 5.61. The first-order chi connectivity index (χ1) is 15.5. The van der Waals surface area contributed by atoms with Gasteiger partial charge in [0.2, 0.25) is 0 Å². The number of nitriles is 1. The summed E-state index contributed by atoms with van der Waals surface area (Å²) in [4.78, 5) is 37.5. The average molecular weight is 450 g/mol. The van der Waals surface area contributed by atoms with Crippen molar-refractivity contribution >= 4 is 29.4 Å². The molecular weight excluding hydrogens is 424 g/mol. The number of carbonyl (C=O) groups is 3. The topological polar surface area (TPSA) is 154 Å². The number of nitrogens with zero attached hydrogens (tertiary/aromatic N) is 4. The van der Waals surface area contributed by atoms with E-state index in [1.165, 1.54) is 0 Å². The van der Waals surface area contributed by atoms with Gasteiger partial charge < -0.3 is 16.2 Å². The number of hydrogen-bond acceptors (Lipinski definition) is 6. The van der Waals surface area contributed by atoms with Crippen LogP contribution >= 0.6 is 0 Å². The molecule has 3 amide bonds. The van der Waals surface area contributed by atoms with Crippen LogP contribution in [0.1, 0.15) is 78.4 Å². The molecule has 1 aromatic carbocycles. The van der Waals surface area contributed by atoms with Crippen molar-refractivity contribution in [2.75, 3.05) is 5.32 Å². The van der Waals surface area contributed by atoms with E-state index >= 15 is 0 Å². The Balaban J connectivity index is 1.71. The fourth-order valence-corrected chi connectivity index (χ4v) is 4.52. The van der Waals surface area contributed by atoms with Crippen molar-refractivity contribution in [3.05, 3.63) is 41.1 Å². The van der Waals surface area contributed by atoms with Gasteiger partial charge in [-0.2, -0.15) is 10.4 Å². The third-order valence-corrected chi connectivity index (χ3v) is 6.15.